The Morgan fingerprint density at radius 2 is 1.97 bits per heavy atom. The quantitative estimate of drug-likeness (QED) is 0.496. The van der Waals surface area contributed by atoms with Gasteiger partial charge in [0.15, 0.2) is 22.9 Å². The van der Waals surface area contributed by atoms with Crippen LogP contribution in [0.5, 0.6) is 11.5 Å². The SMILES string of the molecule is CCn1c2cc(C)oc2c2cnn(CC(=O)c3ccc4c(c3)OCCO4)c(=O)c21. The van der Waals surface area contributed by atoms with Gasteiger partial charge in [0.2, 0.25) is 0 Å². The van der Waals surface area contributed by atoms with Gasteiger partial charge in [0, 0.05) is 18.2 Å². The number of carbonyl (C=O) groups excluding carboxylic acids is 1. The molecule has 8 nitrogen and oxygen atoms in total. The molecule has 0 atom stereocenters. The van der Waals surface area contributed by atoms with Gasteiger partial charge in [-0.05, 0) is 32.0 Å². The lowest BCUT2D eigenvalue weighted by Gasteiger charge is -2.18. The Morgan fingerprint density at radius 3 is 2.76 bits per heavy atom. The Labute approximate surface area is 165 Å². The molecule has 4 aromatic rings. The molecule has 0 saturated carbocycles. The maximum Gasteiger partial charge on any atom is 0.291 e. The molecule has 1 aliphatic rings. The molecule has 148 valence electrons. The monoisotopic (exact) mass is 393 g/mol. The molecule has 3 aromatic heterocycles. The van der Waals surface area contributed by atoms with E-state index >= 15 is 0 Å². The second kappa shape index (κ2) is 6.51. The van der Waals surface area contributed by atoms with Crippen LogP contribution in [0, 0.1) is 6.92 Å². The van der Waals surface area contributed by atoms with Gasteiger partial charge in [-0.25, -0.2) is 4.68 Å². The number of fused-ring (bicyclic) bond motifs is 4. The summed E-state index contributed by atoms with van der Waals surface area (Å²) in [4.78, 5) is 25.9. The van der Waals surface area contributed by atoms with Crippen molar-refractivity contribution in [2.75, 3.05) is 13.2 Å². The molecule has 5 rings (SSSR count). The largest absolute Gasteiger partial charge is 0.486 e. The average molecular weight is 393 g/mol. The molecular formula is C21H19N3O5. The third kappa shape index (κ3) is 2.71. The predicted octanol–water partition coefficient (Wildman–Crippen LogP) is 2.93. The highest BCUT2D eigenvalue weighted by molar-refractivity contribution is 6.04. The Hall–Kier alpha value is -3.55. The van der Waals surface area contributed by atoms with E-state index in [-0.39, 0.29) is 17.9 Å². The first-order valence-electron chi connectivity index (χ1n) is 9.48. The van der Waals surface area contributed by atoms with Crippen molar-refractivity contribution in [2.24, 2.45) is 0 Å². The number of carbonyl (C=O) groups is 1. The summed E-state index contributed by atoms with van der Waals surface area (Å²) in [6.07, 6.45) is 1.59. The highest BCUT2D eigenvalue weighted by atomic mass is 16.6. The van der Waals surface area contributed by atoms with Crippen molar-refractivity contribution in [3.05, 3.63) is 52.1 Å². The zero-order valence-corrected chi connectivity index (χ0v) is 16.1. The highest BCUT2D eigenvalue weighted by Crippen LogP contribution is 2.31. The van der Waals surface area contributed by atoms with Crippen LogP contribution in [0.2, 0.25) is 0 Å². The molecule has 8 heteroatoms. The molecule has 4 heterocycles. The molecule has 0 bridgehead atoms. The van der Waals surface area contributed by atoms with Crippen molar-refractivity contribution in [1.29, 1.82) is 0 Å². The van der Waals surface area contributed by atoms with Crippen molar-refractivity contribution in [3.8, 4) is 11.5 Å². The van der Waals surface area contributed by atoms with Crippen molar-refractivity contribution >= 4 is 27.8 Å². The zero-order valence-electron chi connectivity index (χ0n) is 16.1. The first kappa shape index (κ1) is 17.5. The summed E-state index contributed by atoms with van der Waals surface area (Å²) in [7, 11) is 0. The number of aryl methyl sites for hydroxylation is 2. The number of Topliss-reactive ketones (excluding diaryl/α,β-unsaturated/α-hetero) is 1. The maximum atomic E-state index is 13.1. The molecule has 1 aliphatic heterocycles. The first-order valence-corrected chi connectivity index (χ1v) is 9.48. The number of ether oxygens (including phenoxy) is 2. The van der Waals surface area contributed by atoms with Crippen molar-refractivity contribution in [1.82, 2.24) is 14.3 Å². The molecule has 0 unspecified atom stereocenters. The van der Waals surface area contributed by atoms with Crippen LogP contribution >= 0.6 is 0 Å². The van der Waals surface area contributed by atoms with Gasteiger partial charge >= 0.3 is 0 Å². The fourth-order valence-corrected chi connectivity index (χ4v) is 3.81. The van der Waals surface area contributed by atoms with E-state index in [2.05, 4.69) is 5.10 Å². The third-order valence-corrected chi connectivity index (χ3v) is 5.13. The van der Waals surface area contributed by atoms with Gasteiger partial charge in [0.05, 0.1) is 17.1 Å². The molecule has 29 heavy (non-hydrogen) atoms. The summed E-state index contributed by atoms with van der Waals surface area (Å²) in [5.41, 5.74) is 2.12. The predicted molar refractivity (Wildman–Crippen MR) is 106 cm³/mol. The van der Waals surface area contributed by atoms with Gasteiger partial charge in [-0.2, -0.15) is 5.10 Å². The number of aromatic nitrogens is 3. The minimum Gasteiger partial charge on any atom is -0.486 e. The zero-order chi connectivity index (χ0) is 20.1. The fourth-order valence-electron chi connectivity index (χ4n) is 3.81. The fraction of sp³-hybridized carbons (Fsp3) is 0.286. The Balaban J connectivity index is 1.54. The van der Waals surface area contributed by atoms with E-state index in [1.807, 2.05) is 24.5 Å². The van der Waals surface area contributed by atoms with Gasteiger partial charge in [-0.1, -0.05) is 0 Å². The van der Waals surface area contributed by atoms with E-state index in [1.54, 1.807) is 24.4 Å². The molecule has 0 amide bonds. The molecule has 0 radical (unpaired) electrons. The average Bonchev–Trinajstić information content (AvgIpc) is 3.24. The van der Waals surface area contributed by atoms with E-state index in [0.717, 1.165) is 11.3 Å². The Morgan fingerprint density at radius 1 is 1.17 bits per heavy atom. The number of rotatable bonds is 4. The van der Waals surface area contributed by atoms with E-state index in [1.165, 1.54) is 4.68 Å². The van der Waals surface area contributed by atoms with E-state index in [0.29, 0.717) is 53.3 Å². The summed E-state index contributed by atoms with van der Waals surface area (Å²) in [6.45, 7) is 5.20. The lowest BCUT2D eigenvalue weighted by atomic mass is 10.1. The second-order valence-electron chi connectivity index (χ2n) is 6.97. The van der Waals surface area contributed by atoms with Gasteiger partial charge < -0.3 is 18.5 Å². The summed E-state index contributed by atoms with van der Waals surface area (Å²) in [5, 5.41) is 4.88. The maximum absolute atomic E-state index is 13.1. The van der Waals surface area contributed by atoms with Gasteiger partial charge in [0.25, 0.3) is 5.56 Å². The van der Waals surface area contributed by atoms with Crippen LogP contribution in [0.4, 0.5) is 0 Å². The molecule has 0 fully saturated rings. The molecule has 0 aliphatic carbocycles. The molecular weight excluding hydrogens is 374 g/mol. The number of hydrogen-bond donors (Lipinski definition) is 0. The van der Waals surface area contributed by atoms with E-state index in [9.17, 15) is 9.59 Å². The summed E-state index contributed by atoms with van der Waals surface area (Å²) in [5.74, 6) is 1.69. The van der Waals surface area contributed by atoms with Crippen LogP contribution in [-0.4, -0.2) is 33.3 Å². The van der Waals surface area contributed by atoms with Crippen LogP contribution in [0.25, 0.3) is 22.0 Å². The lowest BCUT2D eigenvalue weighted by molar-refractivity contribution is 0.0964. The summed E-state index contributed by atoms with van der Waals surface area (Å²) in [6, 6.07) is 6.93. The van der Waals surface area contributed by atoms with Crippen molar-refractivity contribution in [3.63, 3.8) is 0 Å². The second-order valence-corrected chi connectivity index (χ2v) is 6.97. The van der Waals surface area contributed by atoms with Crippen LogP contribution < -0.4 is 15.0 Å². The summed E-state index contributed by atoms with van der Waals surface area (Å²) < 4.78 is 19.9. The van der Waals surface area contributed by atoms with Gasteiger partial charge in [-0.3, -0.25) is 9.59 Å². The number of benzene rings is 1. The minimum atomic E-state index is -0.320. The minimum absolute atomic E-state index is 0.163. The first-order chi connectivity index (χ1) is 14.1. The molecule has 0 N–H and O–H groups in total. The highest BCUT2D eigenvalue weighted by Gasteiger charge is 2.20. The van der Waals surface area contributed by atoms with E-state index < -0.39 is 0 Å². The van der Waals surface area contributed by atoms with Crippen molar-refractivity contribution < 1.29 is 18.7 Å². The Bertz CT molecular complexity index is 1330. The smallest absolute Gasteiger partial charge is 0.291 e. The topological polar surface area (TPSA) is 88.5 Å². The molecule has 0 saturated heterocycles. The number of furan rings is 1. The Kier molecular flexibility index (Phi) is 3.94. The summed E-state index contributed by atoms with van der Waals surface area (Å²) >= 11 is 0. The number of hydrogen-bond acceptors (Lipinski definition) is 6. The van der Waals surface area contributed by atoms with Crippen LogP contribution in [0.3, 0.4) is 0 Å². The number of nitrogens with zero attached hydrogens (tertiary/aromatic N) is 3. The number of ketones is 1. The van der Waals surface area contributed by atoms with Crippen LogP contribution in [0.1, 0.15) is 23.0 Å². The lowest BCUT2D eigenvalue weighted by Crippen LogP contribution is -2.28. The van der Waals surface area contributed by atoms with Crippen molar-refractivity contribution in [2.45, 2.75) is 26.9 Å². The third-order valence-electron chi connectivity index (χ3n) is 5.13. The normalized spacial score (nSPS) is 13.3. The van der Waals surface area contributed by atoms with E-state index in [4.69, 9.17) is 13.9 Å². The molecule has 0 spiro atoms. The van der Waals surface area contributed by atoms with Crippen LogP contribution in [0.15, 0.2) is 39.7 Å². The van der Waals surface area contributed by atoms with Gasteiger partial charge in [0.1, 0.15) is 31.0 Å². The standard InChI is InChI=1S/C21H19N3O5/c1-3-23-15-8-12(2)29-20(15)14-10-22-24(21(26)19(14)23)11-16(25)13-4-5-17-18(9-13)28-7-6-27-17/h4-5,8-10H,3,6-7,11H2,1-2H3. The van der Waals surface area contributed by atoms with Gasteiger partial charge in [-0.15, -0.1) is 0 Å². The van der Waals surface area contributed by atoms with Crippen LogP contribution in [-0.2, 0) is 13.1 Å². The molecule has 1 aromatic carbocycles.